The van der Waals surface area contributed by atoms with Gasteiger partial charge in [0.15, 0.2) is 0 Å². The van der Waals surface area contributed by atoms with E-state index >= 15 is 0 Å². The van der Waals surface area contributed by atoms with Crippen molar-refractivity contribution < 1.29 is 24.5 Å². The van der Waals surface area contributed by atoms with Gasteiger partial charge in [-0.15, -0.1) is 11.3 Å². The van der Waals surface area contributed by atoms with Gasteiger partial charge in [-0.1, -0.05) is 63.1 Å². The van der Waals surface area contributed by atoms with Crippen LogP contribution in [-0.2, 0) is 6.42 Å². The number of rotatable bonds is 21. The van der Waals surface area contributed by atoms with Crippen LogP contribution in [0.1, 0.15) is 60.5 Å². The van der Waals surface area contributed by atoms with Crippen molar-refractivity contribution in [1.29, 1.82) is 0 Å². The van der Waals surface area contributed by atoms with Crippen LogP contribution in [0.25, 0.3) is 0 Å². The lowest BCUT2D eigenvalue weighted by molar-refractivity contribution is 0.0310. The van der Waals surface area contributed by atoms with Crippen molar-refractivity contribution in [3.63, 3.8) is 0 Å². The normalized spacial score (nSPS) is 12.7. The third kappa shape index (κ3) is 12.5. The van der Waals surface area contributed by atoms with E-state index in [4.69, 9.17) is 9.47 Å². The van der Waals surface area contributed by atoms with Crippen LogP contribution < -0.4 is 9.47 Å². The maximum atomic E-state index is 13.2. The Morgan fingerprint density at radius 2 is 1.26 bits per heavy atom. The summed E-state index contributed by atoms with van der Waals surface area (Å²) in [6.07, 6.45) is 4.42. The predicted octanol–water partition coefficient (Wildman–Crippen LogP) is 5.90. The molecule has 0 saturated carbocycles. The highest BCUT2D eigenvalue weighted by Crippen LogP contribution is 2.21. The standard InChI is InChI=1S/C34H48N2O5S/c1-3-5-22-36(23-6-4-2)34(39)33-20-19-32(42-33)18-13-21-35(24-28(37)26-40-30-14-9-7-10-15-30)25-29(38)27-41-31-16-11-8-12-17-31/h7-12,14-17,19-20,28-29,37-38H,3-6,13,18,21-27H2,1-2H3. The highest BCUT2D eigenvalue weighted by atomic mass is 32.1. The molecule has 0 radical (unpaired) electrons. The minimum absolute atomic E-state index is 0.137. The molecule has 1 aromatic heterocycles. The number of carbonyl (C=O) groups excluding carboxylic acids is 1. The smallest absolute Gasteiger partial charge is 0.263 e. The van der Waals surface area contributed by atoms with E-state index < -0.39 is 12.2 Å². The van der Waals surface area contributed by atoms with E-state index in [0.717, 1.165) is 56.5 Å². The number of thiophene rings is 1. The molecule has 230 valence electrons. The number of carbonyl (C=O) groups is 1. The van der Waals surface area contributed by atoms with Crippen molar-refractivity contribution in [1.82, 2.24) is 9.80 Å². The average molecular weight is 597 g/mol. The summed E-state index contributed by atoms with van der Waals surface area (Å²) >= 11 is 1.58. The summed E-state index contributed by atoms with van der Waals surface area (Å²) < 4.78 is 11.5. The Labute approximate surface area is 255 Å². The lowest BCUT2D eigenvalue weighted by Crippen LogP contribution is -2.42. The number of aryl methyl sites for hydroxylation is 1. The number of nitrogens with zero attached hydrogens (tertiary/aromatic N) is 2. The molecular weight excluding hydrogens is 548 g/mol. The van der Waals surface area contributed by atoms with Gasteiger partial charge in [0, 0.05) is 31.1 Å². The lowest BCUT2D eigenvalue weighted by atomic mass is 10.2. The van der Waals surface area contributed by atoms with Gasteiger partial charge in [0.1, 0.15) is 36.9 Å². The third-order valence-electron chi connectivity index (χ3n) is 6.93. The molecule has 0 fully saturated rings. The molecule has 8 heteroatoms. The zero-order chi connectivity index (χ0) is 30.0. The Balaban J connectivity index is 1.54. The second-order valence-corrected chi connectivity index (χ2v) is 11.9. The van der Waals surface area contributed by atoms with Gasteiger partial charge in [0.2, 0.25) is 0 Å². The molecule has 0 bridgehead atoms. The molecule has 2 N–H and O–H groups in total. The Hall–Kier alpha value is -2.91. The number of ether oxygens (including phenoxy) is 2. The third-order valence-corrected chi connectivity index (χ3v) is 8.06. The van der Waals surface area contributed by atoms with Crippen molar-refractivity contribution in [3.05, 3.63) is 82.6 Å². The van der Waals surface area contributed by atoms with Crippen LogP contribution in [0.15, 0.2) is 72.8 Å². The zero-order valence-electron chi connectivity index (χ0n) is 25.2. The number of aliphatic hydroxyl groups is 2. The van der Waals surface area contributed by atoms with Gasteiger partial charge in [-0.25, -0.2) is 0 Å². The van der Waals surface area contributed by atoms with E-state index in [1.807, 2.05) is 71.6 Å². The van der Waals surface area contributed by atoms with E-state index in [0.29, 0.717) is 31.1 Å². The highest BCUT2D eigenvalue weighted by Gasteiger charge is 2.19. The first-order chi connectivity index (χ1) is 20.5. The van der Waals surface area contributed by atoms with Crippen molar-refractivity contribution in [2.75, 3.05) is 45.9 Å². The van der Waals surface area contributed by atoms with Crippen LogP contribution in [0.3, 0.4) is 0 Å². The van der Waals surface area contributed by atoms with E-state index in [9.17, 15) is 15.0 Å². The number of unbranched alkanes of at least 4 members (excludes halogenated alkanes) is 2. The fourth-order valence-electron chi connectivity index (χ4n) is 4.65. The van der Waals surface area contributed by atoms with Gasteiger partial charge in [-0.2, -0.15) is 0 Å². The summed E-state index contributed by atoms with van der Waals surface area (Å²) in [5, 5.41) is 21.5. The van der Waals surface area contributed by atoms with Gasteiger partial charge < -0.3 is 24.6 Å². The number of benzene rings is 2. The predicted molar refractivity (Wildman–Crippen MR) is 171 cm³/mol. The van der Waals surface area contributed by atoms with Crippen molar-refractivity contribution >= 4 is 17.2 Å². The van der Waals surface area contributed by atoms with E-state index in [1.165, 1.54) is 4.88 Å². The molecule has 0 aliphatic rings. The Morgan fingerprint density at radius 1 is 0.738 bits per heavy atom. The maximum absolute atomic E-state index is 13.2. The molecule has 0 saturated heterocycles. The summed E-state index contributed by atoms with van der Waals surface area (Å²) in [5.74, 6) is 1.56. The molecule has 42 heavy (non-hydrogen) atoms. The fourth-order valence-corrected chi connectivity index (χ4v) is 5.67. The van der Waals surface area contributed by atoms with E-state index in [-0.39, 0.29) is 19.1 Å². The summed E-state index contributed by atoms with van der Waals surface area (Å²) in [4.78, 5) is 19.2. The molecule has 2 unspecified atom stereocenters. The van der Waals surface area contributed by atoms with Crippen LogP contribution in [0.2, 0.25) is 0 Å². The second-order valence-electron chi connectivity index (χ2n) is 10.7. The Kier molecular flexibility index (Phi) is 15.4. The van der Waals surface area contributed by atoms with Gasteiger partial charge in [-0.05, 0) is 68.6 Å². The molecule has 1 heterocycles. The molecule has 2 aromatic carbocycles. The first-order valence-corrected chi connectivity index (χ1v) is 16.1. The van der Waals surface area contributed by atoms with Crippen LogP contribution in [0.5, 0.6) is 11.5 Å². The molecule has 0 aliphatic heterocycles. The molecule has 0 spiro atoms. The summed E-state index contributed by atoms with van der Waals surface area (Å²) in [5.41, 5.74) is 0. The van der Waals surface area contributed by atoms with Crippen LogP contribution in [0, 0.1) is 0 Å². The molecule has 0 aliphatic carbocycles. The summed E-state index contributed by atoms with van der Waals surface area (Å²) in [6, 6.07) is 22.9. The SMILES string of the molecule is CCCCN(CCCC)C(=O)c1ccc(CCCN(CC(O)COc2ccccc2)CC(O)COc2ccccc2)s1. The Bertz CT molecular complexity index is 1070. The largest absolute Gasteiger partial charge is 0.491 e. The van der Waals surface area contributed by atoms with Gasteiger partial charge in [0.05, 0.1) is 4.88 Å². The molecule has 3 aromatic rings. The second kappa shape index (κ2) is 19.3. The number of amides is 1. The maximum Gasteiger partial charge on any atom is 0.263 e. The molecule has 3 rings (SSSR count). The number of para-hydroxylation sites is 2. The van der Waals surface area contributed by atoms with Crippen molar-refractivity contribution in [2.45, 2.75) is 64.6 Å². The van der Waals surface area contributed by atoms with Crippen molar-refractivity contribution in [2.24, 2.45) is 0 Å². The first-order valence-electron chi connectivity index (χ1n) is 15.3. The highest BCUT2D eigenvalue weighted by molar-refractivity contribution is 7.14. The molecule has 1 amide bonds. The molecule has 2 atom stereocenters. The first kappa shape index (κ1) is 33.6. The minimum atomic E-state index is -0.712. The lowest BCUT2D eigenvalue weighted by Gasteiger charge is -2.27. The quantitative estimate of drug-likeness (QED) is 0.159. The van der Waals surface area contributed by atoms with Crippen molar-refractivity contribution in [3.8, 4) is 11.5 Å². The van der Waals surface area contributed by atoms with Crippen LogP contribution >= 0.6 is 11.3 Å². The minimum Gasteiger partial charge on any atom is -0.491 e. The summed E-state index contributed by atoms with van der Waals surface area (Å²) in [6.45, 7) is 7.68. The van der Waals surface area contributed by atoms with Gasteiger partial charge in [0.25, 0.3) is 5.91 Å². The van der Waals surface area contributed by atoms with Crippen LogP contribution in [-0.4, -0.2) is 84.1 Å². The van der Waals surface area contributed by atoms with Crippen LogP contribution in [0.4, 0.5) is 0 Å². The number of hydrogen-bond donors (Lipinski definition) is 2. The van der Waals surface area contributed by atoms with Gasteiger partial charge in [-0.3, -0.25) is 9.69 Å². The van der Waals surface area contributed by atoms with Gasteiger partial charge >= 0.3 is 0 Å². The van der Waals surface area contributed by atoms with E-state index in [1.54, 1.807) is 11.3 Å². The van der Waals surface area contributed by atoms with E-state index in [2.05, 4.69) is 24.8 Å². The number of aliphatic hydroxyl groups excluding tert-OH is 2. The molecule has 7 nitrogen and oxygen atoms in total. The zero-order valence-corrected chi connectivity index (χ0v) is 26.0. The summed E-state index contributed by atoms with van der Waals surface area (Å²) in [7, 11) is 0. The molecular formula is C34H48N2O5S. The number of hydrogen-bond acceptors (Lipinski definition) is 7. The Morgan fingerprint density at radius 3 is 1.76 bits per heavy atom. The monoisotopic (exact) mass is 596 g/mol. The topological polar surface area (TPSA) is 82.5 Å². The average Bonchev–Trinajstić information content (AvgIpc) is 3.49. The fraction of sp³-hybridized carbons (Fsp3) is 0.500.